The van der Waals surface area contributed by atoms with Gasteiger partial charge in [0.2, 0.25) is 5.75 Å². The summed E-state index contributed by atoms with van der Waals surface area (Å²) in [5, 5.41) is 0. The first kappa shape index (κ1) is 10.7. The predicted molar refractivity (Wildman–Crippen MR) is 54.4 cm³/mol. The van der Waals surface area contributed by atoms with Crippen LogP contribution in [0.15, 0.2) is 12.1 Å². The van der Waals surface area contributed by atoms with Gasteiger partial charge in [-0.05, 0) is 34.5 Å². The van der Waals surface area contributed by atoms with Crippen LogP contribution in [0.1, 0.15) is 13.3 Å². The molecule has 1 unspecified atom stereocenters. The molecule has 0 N–H and O–H groups in total. The van der Waals surface area contributed by atoms with Gasteiger partial charge in [0.15, 0.2) is 21.9 Å². The first-order valence-corrected chi connectivity index (χ1v) is 5.34. The minimum atomic E-state index is -0.769. The molecule has 0 radical (unpaired) electrons. The number of alkyl halides is 1. The molecule has 1 heterocycles. The average Bonchev–Trinajstić information content (AvgIpc) is 2.24. The summed E-state index contributed by atoms with van der Waals surface area (Å²) in [6.07, 6.45) is 0.586. The van der Waals surface area contributed by atoms with Crippen LogP contribution in [0, 0.1) is 11.6 Å². The maximum Gasteiger partial charge on any atom is 0.202 e. The minimum Gasteiger partial charge on any atom is -0.482 e. The number of ether oxygens (including phenoxy) is 2. The number of benzene rings is 1. The Morgan fingerprint density at radius 1 is 1.33 bits per heavy atom. The molecule has 82 valence electrons. The Morgan fingerprint density at radius 2 is 1.93 bits per heavy atom. The van der Waals surface area contributed by atoms with Crippen LogP contribution >= 0.6 is 15.9 Å². The van der Waals surface area contributed by atoms with Gasteiger partial charge in [-0.2, -0.15) is 0 Å². The zero-order valence-corrected chi connectivity index (χ0v) is 9.61. The summed E-state index contributed by atoms with van der Waals surface area (Å²) >= 11 is 3.29. The molecule has 2 nitrogen and oxygen atoms in total. The second-order valence-corrected chi connectivity index (χ2v) is 4.76. The molecule has 0 saturated heterocycles. The maximum atomic E-state index is 13.3. The molecule has 1 aliphatic rings. The number of hydrogen-bond donors (Lipinski definition) is 0. The highest BCUT2D eigenvalue weighted by molar-refractivity contribution is 9.10. The van der Waals surface area contributed by atoms with Crippen molar-refractivity contribution >= 4 is 15.9 Å². The predicted octanol–water partition coefficient (Wildman–Crippen LogP) is 3.24. The minimum absolute atomic E-state index is 0.150. The smallest absolute Gasteiger partial charge is 0.202 e. The van der Waals surface area contributed by atoms with Gasteiger partial charge >= 0.3 is 0 Å². The fourth-order valence-electron chi connectivity index (χ4n) is 1.31. The number of halogens is 3. The quantitative estimate of drug-likeness (QED) is 0.735. The van der Waals surface area contributed by atoms with E-state index in [0.29, 0.717) is 6.42 Å². The molecule has 1 atom stereocenters. The van der Waals surface area contributed by atoms with Crippen molar-refractivity contribution in [3.63, 3.8) is 0 Å². The van der Waals surface area contributed by atoms with E-state index in [1.807, 2.05) is 6.92 Å². The van der Waals surface area contributed by atoms with Gasteiger partial charge in [-0.15, -0.1) is 0 Å². The molecule has 0 aromatic heterocycles. The molecule has 0 saturated carbocycles. The standard InChI is InChI=1S/C10H9BrF2O2/c1-2-10(11)5-14-8-6(12)3-4-7(13)9(8)15-10/h3-4H,2,5H2,1H3. The van der Waals surface area contributed by atoms with Gasteiger partial charge in [0, 0.05) is 0 Å². The zero-order chi connectivity index (χ0) is 11.1. The molecule has 0 spiro atoms. The van der Waals surface area contributed by atoms with E-state index in [2.05, 4.69) is 15.9 Å². The first-order chi connectivity index (χ1) is 7.06. The van der Waals surface area contributed by atoms with E-state index in [1.165, 1.54) is 0 Å². The van der Waals surface area contributed by atoms with Gasteiger partial charge in [-0.25, -0.2) is 8.78 Å². The van der Waals surface area contributed by atoms with Crippen LogP contribution < -0.4 is 9.47 Å². The van der Waals surface area contributed by atoms with Crippen LogP contribution in [0.4, 0.5) is 8.78 Å². The monoisotopic (exact) mass is 278 g/mol. The van der Waals surface area contributed by atoms with Crippen LogP contribution in [-0.2, 0) is 0 Å². The molecule has 15 heavy (non-hydrogen) atoms. The maximum absolute atomic E-state index is 13.3. The lowest BCUT2D eigenvalue weighted by molar-refractivity contribution is 0.0581. The van der Waals surface area contributed by atoms with Crippen molar-refractivity contribution in [2.45, 2.75) is 17.9 Å². The molecule has 1 aliphatic heterocycles. The lowest BCUT2D eigenvalue weighted by atomic mass is 10.2. The van der Waals surface area contributed by atoms with Gasteiger partial charge in [0.25, 0.3) is 0 Å². The lowest BCUT2D eigenvalue weighted by Crippen LogP contribution is -2.38. The van der Waals surface area contributed by atoms with E-state index in [9.17, 15) is 8.78 Å². The van der Waals surface area contributed by atoms with Crippen LogP contribution in [-0.4, -0.2) is 11.1 Å². The van der Waals surface area contributed by atoms with Crippen LogP contribution in [0.3, 0.4) is 0 Å². The van der Waals surface area contributed by atoms with Crippen LogP contribution in [0.25, 0.3) is 0 Å². The SMILES string of the molecule is CCC1(Br)COc2c(F)ccc(F)c2O1. The Balaban J connectivity index is 2.45. The summed E-state index contributed by atoms with van der Waals surface area (Å²) in [6.45, 7) is 2.01. The number of rotatable bonds is 1. The van der Waals surface area contributed by atoms with Gasteiger partial charge in [-0.3, -0.25) is 0 Å². The second kappa shape index (κ2) is 3.63. The van der Waals surface area contributed by atoms with E-state index < -0.39 is 16.1 Å². The van der Waals surface area contributed by atoms with Crippen molar-refractivity contribution in [2.24, 2.45) is 0 Å². The van der Waals surface area contributed by atoms with E-state index in [-0.39, 0.29) is 18.1 Å². The molecule has 1 aromatic carbocycles. The fraction of sp³-hybridized carbons (Fsp3) is 0.400. The fourth-order valence-corrected chi connectivity index (χ4v) is 1.59. The van der Waals surface area contributed by atoms with Crippen LogP contribution in [0.2, 0.25) is 0 Å². The Kier molecular flexibility index (Phi) is 2.58. The van der Waals surface area contributed by atoms with E-state index in [4.69, 9.17) is 9.47 Å². The van der Waals surface area contributed by atoms with Crippen molar-refractivity contribution in [3.05, 3.63) is 23.8 Å². The summed E-state index contributed by atoms with van der Waals surface area (Å²) < 4.78 is 36.3. The van der Waals surface area contributed by atoms with Crippen molar-refractivity contribution < 1.29 is 18.3 Å². The summed E-state index contributed by atoms with van der Waals surface area (Å²) in [7, 11) is 0. The van der Waals surface area contributed by atoms with E-state index in [1.54, 1.807) is 0 Å². The summed E-state index contributed by atoms with van der Waals surface area (Å²) in [4.78, 5) is 0. The lowest BCUT2D eigenvalue weighted by Gasteiger charge is -2.33. The van der Waals surface area contributed by atoms with E-state index >= 15 is 0 Å². The molecule has 0 fully saturated rings. The molecule has 5 heteroatoms. The molecule has 0 amide bonds. The van der Waals surface area contributed by atoms with Crippen molar-refractivity contribution in [2.75, 3.05) is 6.61 Å². The molecule has 2 rings (SSSR count). The highest BCUT2D eigenvalue weighted by Crippen LogP contribution is 2.42. The normalized spacial score (nSPS) is 24.0. The van der Waals surface area contributed by atoms with Gasteiger partial charge in [-0.1, -0.05) is 6.92 Å². The van der Waals surface area contributed by atoms with Gasteiger partial charge in [0.05, 0.1) is 0 Å². The highest BCUT2D eigenvalue weighted by atomic mass is 79.9. The van der Waals surface area contributed by atoms with Gasteiger partial charge < -0.3 is 9.47 Å². The van der Waals surface area contributed by atoms with Crippen LogP contribution in [0.5, 0.6) is 11.5 Å². The average molecular weight is 279 g/mol. The summed E-state index contributed by atoms with van der Waals surface area (Å²) in [5.41, 5.74) is 0. The zero-order valence-electron chi connectivity index (χ0n) is 8.02. The second-order valence-electron chi connectivity index (χ2n) is 3.31. The third-order valence-corrected chi connectivity index (χ3v) is 3.21. The topological polar surface area (TPSA) is 18.5 Å². The third-order valence-electron chi connectivity index (χ3n) is 2.26. The van der Waals surface area contributed by atoms with Crippen molar-refractivity contribution in [3.8, 4) is 11.5 Å². The molecule has 0 aliphatic carbocycles. The largest absolute Gasteiger partial charge is 0.482 e. The molecular formula is C10H9BrF2O2. The Bertz CT molecular complexity index is 397. The Labute approximate surface area is 94.3 Å². The number of hydrogen-bond acceptors (Lipinski definition) is 2. The highest BCUT2D eigenvalue weighted by Gasteiger charge is 2.36. The number of fused-ring (bicyclic) bond motifs is 1. The summed E-state index contributed by atoms with van der Waals surface area (Å²) in [5.74, 6) is -1.56. The summed E-state index contributed by atoms with van der Waals surface area (Å²) in [6, 6.07) is 2.04. The Morgan fingerprint density at radius 3 is 2.53 bits per heavy atom. The van der Waals surface area contributed by atoms with E-state index in [0.717, 1.165) is 12.1 Å². The molecule has 1 aromatic rings. The Hall–Kier alpha value is -0.840. The third kappa shape index (κ3) is 1.80. The first-order valence-electron chi connectivity index (χ1n) is 4.54. The van der Waals surface area contributed by atoms with Crippen molar-refractivity contribution in [1.82, 2.24) is 0 Å². The van der Waals surface area contributed by atoms with Gasteiger partial charge in [0.1, 0.15) is 6.61 Å². The molecule has 0 bridgehead atoms. The molecular weight excluding hydrogens is 270 g/mol. The van der Waals surface area contributed by atoms with Crippen molar-refractivity contribution in [1.29, 1.82) is 0 Å².